The van der Waals surface area contributed by atoms with Gasteiger partial charge in [-0.05, 0) is 17.5 Å². The van der Waals surface area contributed by atoms with Crippen LogP contribution in [0.2, 0.25) is 0 Å². The average Bonchev–Trinajstić information content (AvgIpc) is 2.74. The predicted molar refractivity (Wildman–Crippen MR) is 73.3 cm³/mol. The van der Waals surface area contributed by atoms with E-state index >= 15 is 0 Å². The predicted octanol–water partition coefficient (Wildman–Crippen LogP) is 3.10. The van der Waals surface area contributed by atoms with E-state index in [1.807, 2.05) is 6.08 Å². The monoisotopic (exact) mass is 262 g/mol. The van der Waals surface area contributed by atoms with Gasteiger partial charge in [0.2, 0.25) is 6.79 Å². The van der Waals surface area contributed by atoms with Crippen LogP contribution in [0.15, 0.2) is 30.5 Å². The van der Waals surface area contributed by atoms with Crippen LogP contribution in [0.3, 0.4) is 0 Å². The molecule has 0 fully saturated rings. The van der Waals surface area contributed by atoms with Gasteiger partial charge in [-0.2, -0.15) is 0 Å². The number of benzene rings is 1. The Balaban J connectivity index is 1.91. The smallest absolute Gasteiger partial charge is 0.323 e. The summed E-state index contributed by atoms with van der Waals surface area (Å²) >= 11 is 0. The number of urea groups is 1. The summed E-state index contributed by atoms with van der Waals surface area (Å²) in [4.78, 5) is 11.7. The van der Waals surface area contributed by atoms with Gasteiger partial charge in [0.1, 0.15) is 0 Å². The lowest BCUT2D eigenvalue weighted by Crippen LogP contribution is -2.24. The Bertz CT molecular complexity index is 504. The molecule has 0 bridgehead atoms. The minimum absolute atomic E-state index is 0.0338. The second-order valence-electron chi connectivity index (χ2n) is 5.37. The Morgan fingerprint density at radius 3 is 2.74 bits per heavy atom. The molecule has 0 atom stereocenters. The summed E-state index contributed by atoms with van der Waals surface area (Å²) in [6.07, 6.45) is 3.56. The number of hydrogen-bond donors (Lipinski definition) is 2. The van der Waals surface area contributed by atoms with Crippen molar-refractivity contribution in [3.05, 3.63) is 30.5 Å². The third-order valence-corrected chi connectivity index (χ3v) is 2.43. The lowest BCUT2D eigenvalue weighted by atomic mass is 9.97. The molecule has 19 heavy (non-hydrogen) atoms. The van der Waals surface area contributed by atoms with Crippen molar-refractivity contribution in [3.63, 3.8) is 0 Å². The fraction of sp³-hybridized carbons (Fsp3) is 0.357. The first kappa shape index (κ1) is 13.3. The van der Waals surface area contributed by atoms with Gasteiger partial charge in [0.25, 0.3) is 0 Å². The third-order valence-electron chi connectivity index (χ3n) is 2.43. The number of rotatable bonds is 2. The topological polar surface area (TPSA) is 59.6 Å². The average molecular weight is 262 g/mol. The van der Waals surface area contributed by atoms with Gasteiger partial charge in [-0.15, -0.1) is 0 Å². The van der Waals surface area contributed by atoms with E-state index in [4.69, 9.17) is 9.47 Å². The van der Waals surface area contributed by atoms with Crippen molar-refractivity contribution in [2.45, 2.75) is 20.8 Å². The summed E-state index contributed by atoms with van der Waals surface area (Å²) in [7, 11) is 0. The van der Waals surface area contributed by atoms with Crippen LogP contribution in [0.4, 0.5) is 10.5 Å². The van der Waals surface area contributed by atoms with E-state index in [-0.39, 0.29) is 18.2 Å². The second kappa shape index (κ2) is 5.22. The highest BCUT2D eigenvalue weighted by atomic mass is 16.7. The Hall–Kier alpha value is -2.17. The van der Waals surface area contributed by atoms with E-state index in [0.717, 1.165) is 0 Å². The molecule has 1 aromatic rings. The number of ether oxygens (including phenoxy) is 2. The zero-order valence-corrected chi connectivity index (χ0v) is 11.3. The molecule has 1 heterocycles. The standard InChI is InChI=1S/C14H18N2O3/c1-14(2,3)6-7-15-13(17)16-10-4-5-11-12(8-10)19-9-18-11/h4-8H,9H2,1-3H3,(H2,15,16,17)/b7-6+. The van der Waals surface area contributed by atoms with Gasteiger partial charge in [0, 0.05) is 18.0 Å². The number of allylic oxidation sites excluding steroid dienone is 1. The minimum atomic E-state index is -0.292. The summed E-state index contributed by atoms with van der Waals surface area (Å²) in [5.41, 5.74) is 0.692. The lowest BCUT2D eigenvalue weighted by Gasteiger charge is -2.11. The van der Waals surface area contributed by atoms with E-state index < -0.39 is 0 Å². The Morgan fingerprint density at radius 1 is 1.26 bits per heavy atom. The molecule has 0 saturated carbocycles. The molecule has 102 valence electrons. The summed E-state index contributed by atoms with van der Waals surface area (Å²) in [5.74, 6) is 1.33. The minimum Gasteiger partial charge on any atom is -0.454 e. The van der Waals surface area contributed by atoms with Gasteiger partial charge < -0.3 is 20.1 Å². The maximum Gasteiger partial charge on any atom is 0.323 e. The van der Waals surface area contributed by atoms with Gasteiger partial charge in [-0.25, -0.2) is 4.79 Å². The highest BCUT2D eigenvalue weighted by Crippen LogP contribution is 2.34. The van der Waals surface area contributed by atoms with Crippen LogP contribution < -0.4 is 20.1 Å². The maximum absolute atomic E-state index is 11.7. The zero-order valence-electron chi connectivity index (χ0n) is 11.3. The lowest BCUT2D eigenvalue weighted by molar-refractivity contribution is 0.174. The van der Waals surface area contributed by atoms with Crippen molar-refractivity contribution in [2.75, 3.05) is 12.1 Å². The molecule has 1 aromatic carbocycles. The molecule has 0 aliphatic carbocycles. The number of fused-ring (bicyclic) bond motifs is 1. The molecule has 2 amide bonds. The molecule has 2 rings (SSSR count). The van der Waals surface area contributed by atoms with Crippen molar-refractivity contribution in [2.24, 2.45) is 5.41 Å². The summed E-state index contributed by atoms with van der Waals surface area (Å²) in [6.45, 7) is 6.39. The third kappa shape index (κ3) is 3.91. The molecule has 0 radical (unpaired) electrons. The molecule has 0 unspecified atom stereocenters. The SMILES string of the molecule is CC(C)(C)/C=C/NC(=O)Nc1ccc2c(c1)OCO2. The molecule has 5 heteroatoms. The Labute approximate surface area is 112 Å². The number of carbonyl (C=O) groups excluding carboxylic acids is 1. The number of hydrogen-bond acceptors (Lipinski definition) is 3. The number of carbonyl (C=O) groups is 1. The summed E-state index contributed by atoms with van der Waals surface area (Å²) < 4.78 is 10.4. The number of amides is 2. The molecule has 0 saturated heterocycles. The number of anilines is 1. The molecule has 1 aliphatic heterocycles. The van der Waals surface area contributed by atoms with E-state index in [2.05, 4.69) is 31.4 Å². The van der Waals surface area contributed by atoms with Gasteiger partial charge in [0.15, 0.2) is 11.5 Å². The molecular formula is C14H18N2O3. The Kier molecular flexibility index (Phi) is 3.64. The normalized spacial score (nSPS) is 13.6. The van der Waals surface area contributed by atoms with Crippen LogP contribution in [0, 0.1) is 5.41 Å². The van der Waals surface area contributed by atoms with E-state index in [1.165, 1.54) is 0 Å². The van der Waals surface area contributed by atoms with Crippen molar-refractivity contribution >= 4 is 11.7 Å². The van der Waals surface area contributed by atoms with Crippen LogP contribution in [-0.2, 0) is 0 Å². The van der Waals surface area contributed by atoms with Gasteiger partial charge >= 0.3 is 6.03 Å². The highest BCUT2D eigenvalue weighted by molar-refractivity contribution is 5.90. The quantitative estimate of drug-likeness (QED) is 0.861. The second-order valence-corrected chi connectivity index (χ2v) is 5.37. The molecule has 0 aromatic heterocycles. The van der Waals surface area contributed by atoms with Crippen LogP contribution in [-0.4, -0.2) is 12.8 Å². The fourth-order valence-corrected chi connectivity index (χ4v) is 1.51. The molecular weight excluding hydrogens is 244 g/mol. The fourth-order valence-electron chi connectivity index (χ4n) is 1.51. The summed E-state index contributed by atoms with van der Waals surface area (Å²) in [6, 6.07) is 4.97. The van der Waals surface area contributed by atoms with Crippen LogP contribution in [0.1, 0.15) is 20.8 Å². The van der Waals surface area contributed by atoms with Crippen molar-refractivity contribution in [1.82, 2.24) is 5.32 Å². The first-order chi connectivity index (χ1) is 8.94. The van der Waals surface area contributed by atoms with Crippen molar-refractivity contribution in [3.8, 4) is 11.5 Å². The van der Waals surface area contributed by atoms with Gasteiger partial charge in [-0.3, -0.25) is 0 Å². The molecule has 0 spiro atoms. The van der Waals surface area contributed by atoms with E-state index in [0.29, 0.717) is 17.2 Å². The molecule has 5 nitrogen and oxygen atoms in total. The van der Waals surface area contributed by atoms with Crippen molar-refractivity contribution in [1.29, 1.82) is 0 Å². The number of nitrogens with one attached hydrogen (secondary N) is 2. The van der Waals surface area contributed by atoms with Gasteiger partial charge in [0.05, 0.1) is 0 Å². The highest BCUT2D eigenvalue weighted by Gasteiger charge is 2.13. The van der Waals surface area contributed by atoms with Crippen LogP contribution in [0.25, 0.3) is 0 Å². The first-order valence-electron chi connectivity index (χ1n) is 6.09. The molecule has 2 N–H and O–H groups in total. The van der Waals surface area contributed by atoms with Crippen LogP contribution >= 0.6 is 0 Å². The van der Waals surface area contributed by atoms with Gasteiger partial charge in [-0.1, -0.05) is 26.8 Å². The largest absolute Gasteiger partial charge is 0.454 e. The van der Waals surface area contributed by atoms with Crippen LogP contribution in [0.5, 0.6) is 11.5 Å². The molecule has 1 aliphatic rings. The van der Waals surface area contributed by atoms with E-state index in [9.17, 15) is 4.79 Å². The Morgan fingerprint density at radius 2 is 2.00 bits per heavy atom. The van der Waals surface area contributed by atoms with E-state index in [1.54, 1.807) is 24.4 Å². The first-order valence-corrected chi connectivity index (χ1v) is 6.09. The van der Waals surface area contributed by atoms with Crippen molar-refractivity contribution < 1.29 is 14.3 Å². The zero-order chi connectivity index (χ0) is 13.9. The summed E-state index contributed by atoms with van der Waals surface area (Å²) in [5, 5.41) is 5.37. The maximum atomic E-state index is 11.7.